The predicted octanol–water partition coefficient (Wildman–Crippen LogP) is 2.69. The molecule has 0 amide bonds. The number of anilines is 1. The van der Waals surface area contributed by atoms with Crippen LogP contribution in [0.5, 0.6) is 5.75 Å². The Morgan fingerprint density at radius 3 is 3.00 bits per heavy atom. The number of terminal acetylenes is 1. The SMILES string of the molecule is C#CCOc1ccc2ccccc2c1/C=N\Nc1nc(C)cc(=O)[nH]1. The molecule has 0 aliphatic carbocycles. The van der Waals surface area contributed by atoms with Crippen LogP contribution in [0.1, 0.15) is 11.3 Å². The lowest BCUT2D eigenvalue weighted by Crippen LogP contribution is -2.10. The molecule has 2 aromatic carbocycles. The van der Waals surface area contributed by atoms with Gasteiger partial charge in [-0.2, -0.15) is 5.10 Å². The second kappa shape index (κ2) is 7.32. The number of aromatic nitrogens is 2. The summed E-state index contributed by atoms with van der Waals surface area (Å²) in [7, 11) is 0. The quantitative estimate of drug-likeness (QED) is 0.428. The van der Waals surface area contributed by atoms with Crippen molar-refractivity contribution in [2.75, 3.05) is 12.0 Å². The summed E-state index contributed by atoms with van der Waals surface area (Å²) in [6.07, 6.45) is 6.90. The zero-order valence-electron chi connectivity index (χ0n) is 13.6. The molecule has 0 aliphatic rings. The van der Waals surface area contributed by atoms with Crippen LogP contribution in [0.25, 0.3) is 10.8 Å². The highest BCUT2D eigenvalue weighted by Crippen LogP contribution is 2.26. The van der Waals surface area contributed by atoms with Crippen LogP contribution >= 0.6 is 0 Å². The predicted molar refractivity (Wildman–Crippen MR) is 99.1 cm³/mol. The summed E-state index contributed by atoms with van der Waals surface area (Å²) in [6, 6.07) is 13.1. The van der Waals surface area contributed by atoms with Gasteiger partial charge in [-0.3, -0.25) is 9.78 Å². The molecule has 0 unspecified atom stereocenters. The Morgan fingerprint density at radius 2 is 2.20 bits per heavy atom. The van der Waals surface area contributed by atoms with Crippen molar-refractivity contribution in [1.82, 2.24) is 9.97 Å². The van der Waals surface area contributed by atoms with Gasteiger partial charge in [0.2, 0.25) is 5.95 Å². The van der Waals surface area contributed by atoms with Crippen molar-refractivity contribution < 1.29 is 4.74 Å². The Kier molecular flexibility index (Phi) is 4.77. The summed E-state index contributed by atoms with van der Waals surface area (Å²) < 4.78 is 5.61. The van der Waals surface area contributed by atoms with Gasteiger partial charge in [0, 0.05) is 17.3 Å². The second-order valence-corrected chi connectivity index (χ2v) is 5.30. The second-order valence-electron chi connectivity index (χ2n) is 5.30. The van der Waals surface area contributed by atoms with Gasteiger partial charge in [-0.1, -0.05) is 36.3 Å². The number of H-pyrrole nitrogens is 1. The number of nitrogens with one attached hydrogen (secondary N) is 2. The van der Waals surface area contributed by atoms with E-state index in [0.717, 1.165) is 16.3 Å². The molecule has 0 spiro atoms. The van der Waals surface area contributed by atoms with Gasteiger partial charge >= 0.3 is 0 Å². The average molecular weight is 332 g/mol. The number of ether oxygens (including phenoxy) is 1. The zero-order valence-corrected chi connectivity index (χ0v) is 13.6. The highest BCUT2D eigenvalue weighted by molar-refractivity contribution is 6.02. The summed E-state index contributed by atoms with van der Waals surface area (Å²) >= 11 is 0. The maximum absolute atomic E-state index is 11.5. The monoisotopic (exact) mass is 332 g/mol. The molecule has 124 valence electrons. The molecule has 6 heteroatoms. The fraction of sp³-hybridized carbons (Fsp3) is 0.105. The number of hydrogen-bond donors (Lipinski definition) is 2. The summed E-state index contributed by atoms with van der Waals surface area (Å²) in [4.78, 5) is 18.2. The molecule has 1 heterocycles. The molecular weight excluding hydrogens is 316 g/mol. The van der Waals surface area contributed by atoms with E-state index in [1.807, 2.05) is 36.4 Å². The Bertz CT molecular complexity index is 1030. The van der Waals surface area contributed by atoms with Crippen molar-refractivity contribution in [1.29, 1.82) is 0 Å². The van der Waals surface area contributed by atoms with E-state index in [2.05, 4.69) is 26.4 Å². The van der Waals surface area contributed by atoms with Gasteiger partial charge in [0.15, 0.2) is 0 Å². The first-order chi connectivity index (χ1) is 12.2. The number of rotatable bonds is 5. The van der Waals surface area contributed by atoms with E-state index < -0.39 is 0 Å². The lowest BCUT2D eigenvalue weighted by atomic mass is 10.0. The van der Waals surface area contributed by atoms with Crippen molar-refractivity contribution in [2.45, 2.75) is 6.92 Å². The van der Waals surface area contributed by atoms with Crippen molar-refractivity contribution >= 4 is 22.9 Å². The van der Waals surface area contributed by atoms with E-state index in [-0.39, 0.29) is 18.1 Å². The fourth-order valence-corrected chi connectivity index (χ4v) is 2.44. The van der Waals surface area contributed by atoms with Crippen LogP contribution in [0.2, 0.25) is 0 Å². The largest absolute Gasteiger partial charge is 0.480 e. The Labute approximate surface area is 144 Å². The van der Waals surface area contributed by atoms with E-state index in [0.29, 0.717) is 11.4 Å². The summed E-state index contributed by atoms with van der Waals surface area (Å²) in [5.41, 5.74) is 3.88. The highest BCUT2D eigenvalue weighted by atomic mass is 16.5. The first kappa shape index (κ1) is 16.3. The maximum Gasteiger partial charge on any atom is 0.252 e. The van der Waals surface area contributed by atoms with Crippen LogP contribution in [0.4, 0.5) is 5.95 Å². The average Bonchev–Trinajstić information content (AvgIpc) is 2.60. The number of aryl methyl sites for hydroxylation is 1. The summed E-state index contributed by atoms with van der Waals surface area (Å²) in [5, 5.41) is 6.21. The first-order valence-electron chi connectivity index (χ1n) is 7.62. The third-order valence-electron chi connectivity index (χ3n) is 3.48. The molecule has 6 nitrogen and oxygen atoms in total. The van der Waals surface area contributed by atoms with Crippen LogP contribution in [-0.4, -0.2) is 22.8 Å². The van der Waals surface area contributed by atoms with Crippen molar-refractivity contribution in [3.8, 4) is 18.1 Å². The molecule has 3 rings (SSSR count). The van der Waals surface area contributed by atoms with Gasteiger partial charge in [-0.05, 0) is 23.8 Å². The molecule has 0 bridgehead atoms. The number of hydrazone groups is 1. The summed E-state index contributed by atoms with van der Waals surface area (Å²) in [5.74, 6) is 3.36. The molecule has 3 aromatic rings. The van der Waals surface area contributed by atoms with Gasteiger partial charge in [-0.25, -0.2) is 10.4 Å². The van der Waals surface area contributed by atoms with Crippen molar-refractivity contribution in [3.63, 3.8) is 0 Å². The smallest absolute Gasteiger partial charge is 0.252 e. The third kappa shape index (κ3) is 3.85. The van der Waals surface area contributed by atoms with Crippen molar-refractivity contribution in [2.24, 2.45) is 5.10 Å². The molecule has 1 aromatic heterocycles. The van der Waals surface area contributed by atoms with Crippen LogP contribution in [0.3, 0.4) is 0 Å². The Hall–Kier alpha value is -3.59. The molecule has 0 aliphatic heterocycles. The maximum atomic E-state index is 11.5. The van der Waals surface area contributed by atoms with Crippen LogP contribution in [0, 0.1) is 19.3 Å². The molecule has 0 saturated heterocycles. The number of aromatic amines is 1. The fourth-order valence-electron chi connectivity index (χ4n) is 2.44. The number of benzene rings is 2. The molecule has 0 saturated carbocycles. The van der Waals surface area contributed by atoms with E-state index in [9.17, 15) is 4.79 Å². The molecule has 0 radical (unpaired) electrons. The lowest BCUT2D eigenvalue weighted by Gasteiger charge is -2.09. The Morgan fingerprint density at radius 1 is 1.36 bits per heavy atom. The minimum Gasteiger partial charge on any atom is -0.480 e. The zero-order chi connectivity index (χ0) is 17.6. The standard InChI is InChI=1S/C19H16N4O2/c1-3-10-25-17-9-8-14-6-4-5-7-15(14)16(17)12-20-23-19-21-13(2)11-18(24)22-19/h1,4-9,11-12H,10H2,2H3,(H2,21,22,23,24)/b20-12-. The van der Waals surface area contributed by atoms with E-state index in [4.69, 9.17) is 11.2 Å². The van der Waals surface area contributed by atoms with Gasteiger partial charge in [0.25, 0.3) is 5.56 Å². The molecule has 25 heavy (non-hydrogen) atoms. The van der Waals surface area contributed by atoms with Crippen LogP contribution < -0.4 is 15.7 Å². The number of nitrogens with zero attached hydrogens (tertiary/aromatic N) is 2. The summed E-state index contributed by atoms with van der Waals surface area (Å²) in [6.45, 7) is 1.90. The van der Waals surface area contributed by atoms with Crippen molar-refractivity contribution in [3.05, 3.63) is 64.1 Å². The van der Waals surface area contributed by atoms with Gasteiger partial charge in [0.05, 0.1) is 6.21 Å². The first-order valence-corrected chi connectivity index (χ1v) is 7.62. The highest BCUT2D eigenvalue weighted by Gasteiger charge is 2.07. The molecule has 0 atom stereocenters. The van der Waals surface area contributed by atoms with Crippen LogP contribution in [0.15, 0.2) is 52.4 Å². The van der Waals surface area contributed by atoms with Gasteiger partial charge in [0.1, 0.15) is 12.4 Å². The normalized spacial score (nSPS) is 10.7. The van der Waals surface area contributed by atoms with Crippen LogP contribution in [-0.2, 0) is 0 Å². The van der Waals surface area contributed by atoms with E-state index in [1.165, 1.54) is 6.07 Å². The Balaban J connectivity index is 1.95. The molecule has 0 fully saturated rings. The van der Waals surface area contributed by atoms with Gasteiger partial charge < -0.3 is 4.74 Å². The lowest BCUT2D eigenvalue weighted by molar-refractivity contribution is 0.370. The molecule has 2 N–H and O–H groups in total. The van der Waals surface area contributed by atoms with E-state index >= 15 is 0 Å². The topological polar surface area (TPSA) is 79.4 Å². The van der Waals surface area contributed by atoms with E-state index in [1.54, 1.807) is 13.1 Å². The van der Waals surface area contributed by atoms with Gasteiger partial charge in [-0.15, -0.1) is 6.42 Å². The minimum atomic E-state index is -0.242. The molecular formula is C19H16N4O2. The minimum absolute atomic E-state index is 0.166. The number of fused-ring (bicyclic) bond motifs is 1. The third-order valence-corrected chi connectivity index (χ3v) is 3.48. The number of hydrogen-bond acceptors (Lipinski definition) is 5.